The van der Waals surface area contributed by atoms with E-state index >= 15 is 0 Å². The first-order valence-electron chi connectivity index (χ1n) is 5.85. The number of nitrogens with zero attached hydrogens (tertiary/aromatic N) is 1. The molecule has 98 valence electrons. The van der Waals surface area contributed by atoms with Crippen LogP contribution in [-0.2, 0) is 0 Å². The highest BCUT2D eigenvalue weighted by atomic mass is 79.9. The number of ether oxygens (including phenoxy) is 1. The topological polar surface area (TPSA) is 39.2 Å². The van der Waals surface area contributed by atoms with Crippen molar-refractivity contribution in [2.24, 2.45) is 0 Å². The van der Waals surface area contributed by atoms with Gasteiger partial charge < -0.3 is 4.74 Å². The predicted molar refractivity (Wildman–Crippen MR) is 77.8 cm³/mol. The molecule has 0 N–H and O–H groups in total. The lowest BCUT2D eigenvalue weighted by molar-refractivity contribution is 0.103. The lowest BCUT2D eigenvalue weighted by atomic mass is 10.00. The van der Waals surface area contributed by atoms with Crippen LogP contribution in [0.3, 0.4) is 0 Å². The molecule has 0 saturated heterocycles. The van der Waals surface area contributed by atoms with Gasteiger partial charge >= 0.3 is 0 Å². The predicted octanol–water partition coefficient (Wildman–Crippen LogP) is 3.70. The van der Waals surface area contributed by atoms with Crippen LogP contribution in [-0.4, -0.2) is 17.9 Å². The SMILES string of the molecule is COc1c(C(=O)c2ccc(Br)cn2)ccc(C)c1C. The lowest BCUT2D eigenvalue weighted by Gasteiger charge is -2.12. The molecule has 0 fully saturated rings. The second kappa shape index (κ2) is 5.53. The van der Waals surface area contributed by atoms with E-state index in [1.54, 1.807) is 31.5 Å². The Hall–Kier alpha value is -1.68. The fourth-order valence-corrected chi connectivity index (χ4v) is 2.11. The summed E-state index contributed by atoms with van der Waals surface area (Å²) in [6.45, 7) is 3.93. The van der Waals surface area contributed by atoms with Gasteiger partial charge in [0.05, 0.1) is 12.7 Å². The fraction of sp³-hybridized carbons (Fsp3) is 0.200. The van der Waals surface area contributed by atoms with Gasteiger partial charge in [-0.1, -0.05) is 6.07 Å². The van der Waals surface area contributed by atoms with Gasteiger partial charge in [-0.2, -0.15) is 0 Å². The molecule has 0 saturated carbocycles. The third kappa shape index (κ3) is 2.68. The first-order chi connectivity index (χ1) is 9.04. The Kier molecular flexibility index (Phi) is 4.00. The van der Waals surface area contributed by atoms with Crippen LogP contribution in [0.2, 0.25) is 0 Å². The number of ketones is 1. The minimum Gasteiger partial charge on any atom is -0.496 e. The molecule has 0 unspecified atom stereocenters. The molecule has 0 aliphatic heterocycles. The zero-order valence-corrected chi connectivity index (χ0v) is 12.6. The summed E-state index contributed by atoms with van der Waals surface area (Å²) in [5.41, 5.74) is 3.02. The van der Waals surface area contributed by atoms with Crippen molar-refractivity contribution in [3.63, 3.8) is 0 Å². The normalized spacial score (nSPS) is 10.3. The van der Waals surface area contributed by atoms with Gasteiger partial charge in [-0.3, -0.25) is 9.78 Å². The molecule has 0 aliphatic rings. The van der Waals surface area contributed by atoms with E-state index in [1.165, 1.54) is 0 Å². The molecule has 0 aliphatic carbocycles. The summed E-state index contributed by atoms with van der Waals surface area (Å²) in [4.78, 5) is 16.6. The number of methoxy groups -OCH3 is 1. The van der Waals surface area contributed by atoms with Crippen LogP contribution in [0, 0.1) is 13.8 Å². The van der Waals surface area contributed by atoms with Crippen molar-refractivity contribution in [2.45, 2.75) is 13.8 Å². The van der Waals surface area contributed by atoms with Crippen LogP contribution >= 0.6 is 15.9 Å². The van der Waals surface area contributed by atoms with Crippen molar-refractivity contribution in [2.75, 3.05) is 7.11 Å². The number of hydrogen-bond donors (Lipinski definition) is 0. The minimum absolute atomic E-state index is 0.132. The van der Waals surface area contributed by atoms with Gasteiger partial charge in [0.1, 0.15) is 11.4 Å². The highest BCUT2D eigenvalue weighted by molar-refractivity contribution is 9.10. The number of benzene rings is 1. The number of carbonyl (C=O) groups is 1. The number of pyridine rings is 1. The zero-order chi connectivity index (χ0) is 14.0. The first-order valence-corrected chi connectivity index (χ1v) is 6.64. The Balaban J connectivity index is 2.50. The summed E-state index contributed by atoms with van der Waals surface area (Å²) >= 11 is 3.30. The van der Waals surface area contributed by atoms with E-state index in [-0.39, 0.29) is 5.78 Å². The van der Waals surface area contributed by atoms with Gasteiger partial charge in [-0.05, 0) is 59.1 Å². The lowest BCUT2D eigenvalue weighted by Crippen LogP contribution is -2.07. The van der Waals surface area contributed by atoms with E-state index in [0.717, 1.165) is 15.6 Å². The summed E-state index contributed by atoms with van der Waals surface area (Å²) in [7, 11) is 1.58. The average Bonchev–Trinajstić information content (AvgIpc) is 2.41. The number of halogens is 1. The maximum Gasteiger partial charge on any atom is 0.215 e. The summed E-state index contributed by atoms with van der Waals surface area (Å²) in [5.74, 6) is 0.488. The molecule has 3 nitrogen and oxygen atoms in total. The Morgan fingerprint density at radius 2 is 1.95 bits per heavy atom. The molecule has 0 bridgehead atoms. The molecule has 0 amide bonds. The molecule has 4 heteroatoms. The summed E-state index contributed by atoms with van der Waals surface area (Å²) in [6.07, 6.45) is 1.61. The van der Waals surface area contributed by atoms with Gasteiger partial charge in [0.25, 0.3) is 0 Å². The number of rotatable bonds is 3. The highest BCUT2D eigenvalue weighted by Gasteiger charge is 2.18. The molecule has 2 aromatic rings. The van der Waals surface area contributed by atoms with Gasteiger partial charge in [0.15, 0.2) is 0 Å². The third-order valence-corrected chi connectivity index (χ3v) is 3.55. The van der Waals surface area contributed by atoms with Gasteiger partial charge in [0, 0.05) is 10.7 Å². The van der Waals surface area contributed by atoms with Crippen molar-refractivity contribution in [1.29, 1.82) is 0 Å². The molecular weight excluding hydrogens is 306 g/mol. The molecule has 1 heterocycles. The summed E-state index contributed by atoms with van der Waals surface area (Å²) in [5, 5.41) is 0. The van der Waals surface area contributed by atoms with Crippen molar-refractivity contribution < 1.29 is 9.53 Å². The van der Waals surface area contributed by atoms with E-state index < -0.39 is 0 Å². The molecule has 0 atom stereocenters. The van der Waals surface area contributed by atoms with Crippen LogP contribution < -0.4 is 4.74 Å². The van der Waals surface area contributed by atoms with Crippen molar-refractivity contribution in [3.8, 4) is 5.75 Å². The van der Waals surface area contributed by atoms with E-state index in [1.807, 2.05) is 19.9 Å². The number of aromatic nitrogens is 1. The number of aryl methyl sites for hydroxylation is 1. The molecule has 2 rings (SSSR count). The third-order valence-electron chi connectivity index (χ3n) is 3.09. The summed E-state index contributed by atoms with van der Waals surface area (Å²) < 4.78 is 6.21. The number of hydrogen-bond acceptors (Lipinski definition) is 3. The average molecular weight is 320 g/mol. The van der Waals surface area contributed by atoms with Crippen molar-refractivity contribution in [1.82, 2.24) is 4.98 Å². The highest BCUT2D eigenvalue weighted by Crippen LogP contribution is 2.27. The Bertz CT molecular complexity index is 621. The second-order valence-corrected chi connectivity index (χ2v) is 5.19. The molecular formula is C15H14BrNO2. The van der Waals surface area contributed by atoms with Crippen LogP contribution in [0.5, 0.6) is 5.75 Å². The minimum atomic E-state index is -0.132. The standard InChI is InChI=1S/C15H14BrNO2/c1-9-4-6-12(15(19-3)10(9)2)14(18)13-7-5-11(16)8-17-13/h4-8H,1-3H3. The van der Waals surface area contributed by atoms with Gasteiger partial charge in [-0.25, -0.2) is 0 Å². The smallest absolute Gasteiger partial charge is 0.215 e. The van der Waals surface area contributed by atoms with Gasteiger partial charge in [0.2, 0.25) is 5.78 Å². The fourth-order valence-electron chi connectivity index (χ4n) is 1.88. The Morgan fingerprint density at radius 1 is 1.21 bits per heavy atom. The van der Waals surface area contributed by atoms with E-state index in [9.17, 15) is 4.79 Å². The Morgan fingerprint density at radius 3 is 2.53 bits per heavy atom. The van der Waals surface area contributed by atoms with E-state index in [2.05, 4.69) is 20.9 Å². The quantitative estimate of drug-likeness (QED) is 0.810. The molecule has 1 aromatic carbocycles. The molecule has 1 aromatic heterocycles. The summed E-state index contributed by atoms with van der Waals surface area (Å²) in [6, 6.07) is 7.20. The molecule has 0 radical (unpaired) electrons. The largest absolute Gasteiger partial charge is 0.496 e. The molecule has 0 spiro atoms. The molecule has 19 heavy (non-hydrogen) atoms. The van der Waals surface area contributed by atoms with Crippen LogP contribution in [0.15, 0.2) is 34.9 Å². The van der Waals surface area contributed by atoms with Crippen molar-refractivity contribution in [3.05, 3.63) is 57.3 Å². The van der Waals surface area contributed by atoms with Crippen molar-refractivity contribution >= 4 is 21.7 Å². The van der Waals surface area contributed by atoms with E-state index in [4.69, 9.17) is 4.74 Å². The first kappa shape index (κ1) is 13.7. The monoisotopic (exact) mass is 319 g/mol. The van der Waals surface area contributed by atoms with Gasteiger partial charge in [-0.15, -0.1) is 0 Å². The second-order valence-electron chi connectivity index (χ2n) is 4.28. The van der Waals surface area contributed by atoms with Crippen LogP contribution in [0.4, 0.5) is 0 Å². The van der Waals surface area contributed by atoms with Crippen LogP contribution in [0.25, 0.3) is 0 Å². The van der Waals surface area contributed by atoms with E-state index in [0.29, 0.717) is 17.0 Å². The van der Waals surface area contributed by atoms with Crippen LogP contribution in [0.1, 0.15) is 27.2 Å². The Labute approximate surface area is 120 Å². The zero-order valence-electron chi connectivity index (χ0n) is 11.0. The number of carbonyl (C=O) groups excluding carboxylic acids is 1. The maximum absolute atomic E-state index is 12.4. The maximum atomic E-state index is 12.4.